The van der Waals surface area contributed by atoms with Gasteiger partial charge in [-0.3, -0.25) is 0 Å². The van der Waals surface area contributed by atoms with E-state index in [1.807, 2.05) is 0 Å². The van der Waals surface area contributed by atoms with Crippen LogP contribution in [0.2, 0.25) is 5.02 Å². The molecule has 0 aliphatic carbocycles. The van der Waals surface area contributed by atoms with Gasteiger partial charge in [-0.2, -0.15) is 21.6 Å². The number of hydrogen-bond donors (Lipinski definition) is 0. The number of halogens is 4. The lowest BCUT2D eigenvalue weighted by Crippen LogP contribution is -2.28. The number of benzene rings is 1. The fraction of sp³-hybridized carbons (Fsp3) is 0.250. The van der Waals surface area contributed by atoms with Crippen molar-refractivity contribution < 1.29 is 25.8 Å². The molecule has 90 valence electrons. The minimum absolute atomic E-state index is 0.120. The number of alkyl halides is 3. The van der Waals surface area contributed by atoms with Crippen LogP contribution in [0.25, 0.3) is 0 Å². The number of hydrogen-bond acceptors (Lipinski definition) is 3. The van der Waals surface area contributed by atoms with Crippen molar-refractivity contribution in [1.29, 1.82) is 0 Å². The molecule has 0 saturated heterocycles. The molecule has 1 rings (SSSR count). The second-order valence-corrected chi connectivity index (χ2v) is 4.79. The lowest BCUT2D eigenvalue weighted by Gasteiger charge is -2.11. The number of rotatable bonds is 2. The highest BCUT2D eigenvalue weighted by Gasteiger charge is 2.48. The zero-order valence-electron chi connectivity index (χ0n) is 7.88. The summed E-state index contributed by atoms with van der Waals surface area (Å²) in [5.41, 5.74) is -5.33. The van der Waals surface area contributed by atoms with Crippen LogP contribution in [0.5, 0.6) is 5.75 Å². The highest BCUT2D eigenvalue weighted by atomic mass is 35.5. The van der Waals surface area contributed by atoms with Gasteiger partial charge in [0.15, 0.2) is 0 Å². The van der Waals surface area contributed by atoms with E-state index in [0.717, 1.165) is 6.07 Å². The molecule has 1 aromatic rings. The van der Waals surface area contributed by atoms with E-state index >= 15 is 0 Å². The molecule has 0 saturated carbocycles. The predicted molar refractivity (Wildman–Crippen MR) is 51.8 cm³/mol. The average Bonchev–Trinajstić information content (AvgIpc) is 2.11. The normalized spacial score (nSPS) is 12.6. The second-order valence-electron chi connectivity index (χ2n) is 2.85. The van der Waals surface area contributed by atoms with E-state index in [1.54, 1.807) is 0 Å². The Hall–Kier alpha value is -0.950. The quantitative estimate of drug-likeness (QED) is 0.615. The van der Waals surface area contributed by atoms with E-state index in [0.29, 0.717) is 0 Å². The minimum Gasteiger partial charge on any atom is -0.376 e. The summed E-state index contributed by atoms with van der Waals surface area (Å²) in [4.78, 5) is 0. The molecule has 0 bridgehead atoms. The molecule has 0 heterocycles. The van der Waals surface area contributed by atoms with Crippen LogP contribution in [0.1, 0.15) is 5.56 Å². The van der Waals surface area contributed by atoms with Gasteiger partial charge in [0, 0.05) is 10.6 Å². The van der Waals surface area contributed by atoms with E-state index in [9.17, 15) is 21.6 Å². The third-order valence-corrected chi connectivity index (χ3v) is 3.08. The first kappa shape index (κ1) is 13.1. The Kier molecular flexibility index (Phi) is 3.39. The molecule has 3 nitrogen and oxygen atoms in total. The van der Waals surface area contributed by atoms with Crippen molar-refractivity contribution >= 4 is 21.7 Å². The summed E-state index contributed by atoms with van der Waals surface area (Å²) in [7, 11) is -5.65. The molecule has 0 aromatic heterocycles. The van der Waals surface area contributed by atoms with Crippen molar-refractivity contribution in [3.63, 3.8) is 0 Å². The van der Waals surface area contributed by atoms with Crippen LogP contribution in [-0.2, 0) is 10.1 Å². The molecular weight excluding hydrogens is 269 g/mol. The van der Waals surface area contributed by atoms with E-state index < -0.39 is 21.4 Å². The van der Waals surface area contributed by atoms with Gasteiger partial charge in [0.2, 0.25) is 0 Å². The van der Waals surface area contributed by atoms with Crippen LogP contribution >= 0.6 is 11.6 Å². The highest BCUT2D eigenvalue weighted by Crippen LogP contribution is 2.31. The van der Waals surface area contributed by atoms with E-state index in [2.05, 4.69) is 4.18 Å². The largest absolute Gasteiger partial charge is 0.534 e. The molecule has 8 heteroatoms. The van der Waals surface area contributed by atoms with Gasteiger partial charge in [0.25, 0.3) is 0 Å². The van der Waals surface area contributed by atoms with Crippen LogP contribution in [0, 0.1) is 6.92 Å². The van der Waals surface area contributed by atoms with Crippen LogP contribution in [0.3, 0.4) is 0 Å². The first-order valence-corrected chi connectivity index (χ1v) is 5.69. The summed E-state index contributed by atoms with van der Waals surface area (Å²) in [6.07, 6.45) is 0. The van der Waals surface area contributed by atoms with Crippen molar-refractivity contribution in [2.75, 3.05) is 0 Å². The first-order chi connectivity index (χ1) is 7.15. The highest BCUT2D eigenvalue weighted by molar-refractivity contribution is 7.88. The summed E-state index contributed by atoms with van der Waals surface area (Å²) < 4.78 is 61.3. The van der Waals surface area contributed by atoms with E-state index in [-0.39, 0.29) is 10.6 Å². The zero-order chi connectivity index (χ0) is 12.6. The molecule has 0 spiro atoms. The maximum atomic E-state index is 12.0. The van der Waals surface area contributed by atoms with Gasteiger partial charge in [-0.05, 0) is 19.1 Å². The van der Waals surface area contributed by atoms with Crippen molar-refractivity contribution in [3.05, 3.63) is 28.8 Å². The van der Waals surface area contributed by atoms with Crippen molar-refractivity contribution in [2.45, 2.75) is 12.4 Å². The Morgan fingerprint density at radius 1 is 1.31 bits per heavy atom. The molecule has 0 atom stereocenters. The Morgan fingerprint density at radius 3 is 2.38 bits per heavy atom. The van der Waals surface area contributed by atoms with Crippen molar-refractivity contribution in [3.8, 4) is 5.75 Å². The first-order valence-electron chi connectivity index (χ1n) is 3.91. The summed E-state index contributed by atoms with van der Waals surface area (Å²) in [6, 6.07) is 3.78. The SMILES string of the molecule is Cc1c(Cl)cccc1OS(=O)(=O)C(F)(F)F. The zero-order valence-corrected chi connectivity index (χ0v) is 9.45. The summed E-state index contributed by atoms with van der Waals surface area (Å²) in [6.45, 7) is 1.35. The molecule has 0 fully saturated rings. The van der Waals surface area contributed by atoms with Crippen LogP contribution < -0.4 is 4.18 Å². The third kappa shape index (κ3) is 2.59. The van der Waals surface area contributed by atoms with E-state index in [1.165, 1.54) is 19.1 Å². The lowest BCUT2D eigenvalue weighted by molar-refractivity contribution is -0.0500. The topological polar surface area (TPSA) is 43.4 Å². The smallest absolute Gasteiger partial charge is 0.376 e. The minimum atomic E-state index is -5.65. The van der Waals surface area contributed by atoms with Gasteiger partial charge in [-0.25, -0.2) is 0 Å². The summed E-state index contributed by atoms with van der Waals surface area (Å²) in [5.74, 6) is -0.440. The molecule has 16 heavy (non-hydrogen) atoms. The molecule has 1 aromatic carbocycles. The monoisotopic (exact) mass is 274 g/mol. The molecule has 0 aliphatic heterocycles. The van der Waals surface area contributed by atoms with E-state index in [4.69, 9.17) is 11.6 Å². The molecule has 0 unspecified atom stereocenters. The van der Waals surface area contributed by atoms with Gasteiger partial charge in [0.1, 0.15) is 5.75 Å². The van der Waals surface area contributed by atoms with Gasteiger partial charge in [0.05, 0.1) is 0 Å². The van der Waals surface area contributed by atoms with Crippen LogP contribution in [0.4, 0.5) is 13.2 Å². The summed E-state index contributed by atoms with van der Waals surface area (Å²) >= 11 is 5.60. The fourth-order valence-corrected chi connectivity index (χ4v) is 1.52. The Bertz CT molecular complexity index is 496. The molecule has 0 radical (unpaired) electrons. The van der Waals surface area contributed by atoms with Gasteiger partial charge in [-0.1, -0.05) is 17.7 Å². The van der Waals surface area contributed by atoms with Gasteiger partial charge >= 0.3 is 15.6 Å². The molecular formula is C8H6ClF3O3S. The maximum Gasteiger partial charge on any atom is 0.534 e. The third-order valence-electron chi connectivity index (χ3n) is 1.70. The van der Waals surface area contributed by atoms with Crippen LogP contribution in [-0.4, -0.2) is 13.9 Å². The fourth-order valence-electron chi connectivity index (χ4n) is 0.843. The molecule has 0 amide bonds. The van der Waals surface area contributed by atoms with Gasteiger partial charge in [-0.15, -0.1) is 0 Å². The van der Waals surface area contributed by atoms with Crippen LogP contribution in [0.15, 0.2) is 18.2 Å². The van der Waals surface area contributed by atoms with Crippen molar-refractivity contribution in [2.24, 2.45) is 0 Å². The second kappa shape index (κ2) is 4.14. The molecule has 0 N–H and O–H groups in total. The Balaban J connectivity index is 3.12. The van der Waals surface area contributed by atoms with Gasteiger partial charge < -0.3 is 4.18 Å². The Labute approximate surface area is 94.9 Å². The molecule has 0 aliphatic rings. The Morgan fingerprint density at radius 2 is 1.88 bits per heavy atom. The standard InChI is InChI=1S/C8H6ClF3O3S/c1-5-6(9)3-2-4-7(5)15-16(13,14)8(10,11)12/h2-4H,1H3. The predicted octanol–water partition coefficient (Wildman–Crippen LogP) is 2.88. The average molecular weight is 275 g/mol. The maximum absolute atomic E-state index is 12.0. The summed E-state index contributed by atoms with van der Waals surface area (Å²) in [5, 5.41) is 0.120. The lowest BCUT2D eigenvalue weighted by atomic mass is 10.2. The van der Waals surface area contributed by atoms with Crippen molar-refractivity contribution in [1.82, 2.24) is 0 Å².